The average molecular weight is 286 g/mol. The molecule has 1 amide bonds. The molecule has 0 saturated carbocycles. The van der Waals surface area contributed by atoms with E-state index in [1.807, 2.05) is 4.90 Å². The van der Waals surface area contributed by atoms with Gasteiger partial charge in [0.05, 0.1) is 6.04 Å². The quantitative estimate of drug-likeness (QED) is 0.540. The lowest BCUT2D eigenvalue weighted by Gasteiger charge is -2.25. The third kappa shape index (κ3) is 8.91. The lowest BCUT2D eigenvalue weighted by atomic mass is 10.1. The lowest BCUT2D eigenvalue weighted by molar-refractivity contribution is -0.137. The average Bonchev–Trinajstić information content (AvgIpc) is 2.42. The number of hydrogen-bond donors (Lipinski definition) is 2. The normalized spacial score (nSPS) is 12.2. The highest BCUT2D eigenvalue weighted by molar-refractivity contribution is 5.82. The fraction of sp³-hybridized carbons (Fsp3) is 0.867. The van der Waals surface area contributed by atoms with Gasteiger partial charge in [-0.1, -0.05) is 39.5 Å². The van der Waals surface area contributed by atoms with E-state index in [4.69, 9.17) is 10.8 Å². The van der Waals surface area contributed by atoms with Crippen molar-refractivity contribution in [3.05, 3.63) is 0 Å². The van der Waals surface area contributed by atoms with Crippen LogP contribution in [0.4, 0.5) is 0 Å². The van der Waals surface area contributed by atoms with Crippen molar-refractivity contribution in [3.8, 4) is 0 Å². The number of unbranched alkanes of at least 4 members (excludes halogenated alkanes) is 4. The summed E-state index contributed by atoms with van der Waals surface area (Å²) in [5.41, 5.74) is 5.82. The lowest BCUT2D eigenvalue weighted by Crippen LogP contribution is -2.44. The molecule has 0 heterocycles. The Bertz CT molecular complexity index is 272. The minimum atomic E-state index is -0.906. The fourth-order valence-corrected chi connectivity index (χ4v) is 2.07. The molecule has 0 aliphatic rings. The van der Waals surface area contributed by atoms with Crippen LogP contribution in [0.1, 0.15) is 65.2 Å². The zero-order valence-corrected chi connectivity index (χ0v) is 12.9. The van der Waals surface area contributed by atoms with Gasteiger partial charge < -0.3 is 15.7 Å². The molecule has 3 N–H and O–H groups in total. The van der Waals surface area contributed by atoms with Crippen LogP contribution in [0.2, 0.25) is 0 Å². The standard InChI is InChI=1S/C15H30N2O3/c1-3-5-7-11-17(12-8-6-4-2)15(20)13(16)9-10-14(18)19/h13H,3-12,16H2,1-2H3,(H,18,19). The van der Waals surface area contributed by atoms with E-state index in [1.54, 1.807) is 0 Å². The Kier molecular flexibility index (Phi) is 11.1. The fourth-order valence-electron chi connectivity index (χ4n) is 2.07. The summed E-state index contributed by atoms with van der Waals surface area (Å²) >= 11 is 0. The first kappa shape index (κ1) is 18.9. The van der Waals surface area contributed by atoms with E-state index in [0.717, 1.165) is 51.6 Å². The zero-order valence-electron chi connectivity index (χ0n) is 12.9. The van der Waals surface area contributed by atoms with Crippen molar-refractivity contribution in [2.45, 2.75) is 71.3 Å². The number of aliphatic carboxylic acids is 1. The second kappa shape index (κ2) is 11.7. The molecule has 0 aliphatic carbocycles. The van der Waals surface area contributed by atoms with Crippen molar-refractivity contribution in [2.75, 3.05) is 13.1 Å². The Balaban J connectivity index is 4.31. The zero-order chi connectivity index (χ0) is 15.4. The SMILES string of the molecule is CCCCCN(CCCCC)C(=O)C(N)CCC(=O)O. The Morgan fingerprint density at radius 1 is 1.05 bits per heavy atom. The van der Waals surface area contributed by atoms with E-state index < -0.39 is 12.0 Å². The second-order valence-electron chi connectivity index (χ2n) is 5.28. The molecule has 0 fully saturated rings. The predicted octanol–water partition coefficient (Wildman–Crippen LogP) is 2.39. The smallest absolute Gasteiger partial charge is 0.303 e. The summed E-state index contributed by atoms with van der Waals surface area (Å²) in [6.07, 6.45) is 6.56. The number of hydrogen-bond acceptors (Lipinski definition) is 3. The Morgan fingerprint density at radius 2 is 1.55 bits per heavy atom. The van der Waals surface area contributed by atoms with E-state index in [2.05, 4.69) is 13.8 Å². The van der Waals surface area contributed by atoms with Crippen LogP contribution in [0.3, 0.4) is 0 Å². The molecule has 0 aromatic carbocycles. The maximum Gasteiger partial charge on any atom is 0.303 e. The first-order chi connectivity index (χ1) is 9.52. The Hall–Kier alpha value is -1.10. The monoisotopic (exact) mass is 286 g/mol. The van der Waals surface area contributed by atoms with Crippen LogP contribution in [0.25, 0.3) is 0 Å². The summed E-state index contributed by atoms with van der Waals surface area (Å²) < 4.78 is 0. The number of nitrogens with zero attached hydrogens (tertiary/aromatic N) is 1. The Labute approximate surface area is 122 Å². The van der Waals surface area contributed by atoms with Gasteiger partial charge in [-0.25, -0.2) is 0 Å². The molecule has 5 heteroatoms. The van der Waals surface area contributed by atoms with Gasteiger partial charge in [-0.3, -0.25) is 9.59 Å². The molecule has 0 rings (SSSR count). The van der Waals surface area contributed by atoms with E-state index in [9.17, 15) is 9.59 Å². The van der Waals surface area contributed by atoms with Gasteiger partial charge in [0.1, 0.15) is 0 Å². The van der Waals surface area contributed by atoms with Crippen LogP contribution in [0, 0.1) is 0 Å². The number of carboxylic acids is 1. The van der Waals surface area contributed by atoms with Crippen molar-refractivity contribution in [1.29, 1.82) is 0 Å². The van der Waals surface area contributed by atoms with Gasteiger partial charge in [-0.05, 0) is 19.3 Å². The van der Waals surface area contributed by atoms with Crippen LogP contribution >= 0.6 is 0 Å². The third-order valence-corrected chi connectivity index (χ3v) is 3.36. The number of nitrogens with two attached hydrogens (primary N) is 1. The molecule has 0 aliphatic heterocycles. The third-order valence-electron chi connectivity index (χ3n) is 3.36. The summed E-state index contributed by atoms with van der Waals surface area (Å²) in [6, 6.07) is -0.686. The van der Waals surface area contributed by atoms with Gasteiger partial charge in [0, 0.05) is 19.5 Å². The molecule has 118 valence electrons. The topological polar surface area (TPSA) is 83.6 Å². The maximum absolute atomic E-state index is 12.3. The first-order valence-electron chi connectivity index (χ1n) is 7.79. The first-order valence-corrected chi connectivity index (χ1v) is 7.79. The van der Waals surface area contributed by atoms with Gasteiger partial charge in [-0.2, -0.15) is 0 Å². The van der Waals surface area contributed by atoms with Gasteiger partial charge in [0.25, 0.3) is 0 Å². The summed E-state index contributed by atoms with van der Waals surface area (Å²) in [6.45, 7) is 5.72. The molecule has 0 spiro atoms. The highest BCUT2D eigenvalue weighted by Gasteiger charge is 2.20. The van der Waals surface area contributed by atoms with Crippen molar-refractivity contribution < 1.29 is 14.7 Å². The van der Waals surface area contributed by atoms with Crippen molar-refractivity contribution >= 4 is 11.9 Å². The molecule has 0 saturated heterocycles. The van der Waals surface area contributed by atoms with Crippen molar-refractivity contribution in [2.24, 2.45) is 5.73 Å². The van der Waals surface area contributed by atoms with E-state index in [1.165, 1.54) is 0 Å². The van der Waals surface area contributed by atoms with Crippen molar-refractivity contribution in [1.82, 2.24) is 4.90 Å². The van der Waals surface area contributed by atoms with E-state index in [0.29, 0.717) is 0 Å². The number of carboxylic acid groups (broad SMARTS) is 1. The van der Waals surface area contributed by atoms with Crippen LogP contribution in [0.15, 0.2) is 0 Å². The highest BCUT2D eigenvalue weighted by atomic mass is 16.4. The molecule has 1 atom stereocenters. The number of carbonyl (C=O) groups excluding carboxylic acids is 1. The largest absolute Gasteiger partial charge is 0.481 e. The van der Waals surface area contributed by atoms with Crippen LogP contribution in [-0.4, -0.2) is 41.0 Å². The highest BCUT2D eigenvalue weighted by Crippen LogP contribution is 2.07. The summed E-state index contributed by atoms with van der Waals surface area (Å²) in [5, 5.41) is 8.65. The minimum absolute atomic E-state index is 0.0509. The molecule has 20 heavy (non-hydrogen) atoms. The van der Waals surface area contributed by atoms with E-state index in [-0.39, 0.29) is 18.7 Å². The van der Waals surface area contributed by atoms with Gasteiger partial charge >= 0.3 is 5.97 Å². The maximum atomic E-state index is 12.3. The molecule has 0 aromatic rings. The molecule has 5 nitrogen and oxygen atoms in total. The van der Waals surface area contributed by atoms with E-state index >= 15 is 0 Å². The van der Waals surface area contributed by atoms with Gasteiger partial charge in [0.15, 0.2) is 0 Å². The molecular weight excluding hydrogens is 256 g/mol. The molecule has 1 unspecified atom stereocenters. The summed E-state index contributed by atoms with van der Waals surface area (Å²) in [4.78, 5) is 24.6. The second-order valence-corrected chi connectivity index (χ2v) is 5.28. The van der Waals surface area contributed by atoms with Crippen LogP contribution in [-0.2, 0) is 9.59 Å². The molecule has 0 aromatic heterocycles. The van der Waals surface area contributed by atoms with Crippen molar-refractivity contribution in [3.63, 3.8) is 0 Å². The minimum Gasteiger partial charge on any atom is -0.481 e. The number of carbonyl (C=O) groups is 2. The van der Waals surface area contributed by atoms with Crippen LogP contribution in [0.5, 0.6) is 0 Å². The summed E-state index contributed by atoms with van der Waals surface area (Å²) in [7, 11) is 0. The Morgan fingerprint density at radius 3 is 1.95 bits per heavy atom. The van der Waals surface area contributed by atoms with Crippen LogP contribution < -0.4 is 5.73 Å². The predicted molar refractivity (Wildman–Crippen MR) is 80.5 cm³/mol. The molecule has 0 radical (unpaired) electrons. The number of amides is 1. The molecular formula is C15H30N2O3. The van der Waals surface area contributed by atoms with Gasteiger partial charge in [-0.15, -0.1) is 0 Å². The number of rotatable bonds is 12. The van der Waals surface area contributed by atoms with Gasteiger partial charge in [0.2, 0.25) is 5.91 Å². The molecule has 0 bridgehead atoms. The summed E-state index contributed by atoms with van der Waals surface area (Å²) in [5.74, 6) is -1.00.